The van der Waals surface area contributed by atoms with E-state index in [1.807, 2.05) is 0 Å². The molecule has 0 amide bonds. The molecule has 2 rings (SSSR count). The summed E-state index contributed by atoms with van der Waals surface area (Å²) in [5, 5.41) is 11.4. The Morgan fingerprint density at radius 3 is 2.44 bits per heavy atom. The van der Waals surface area contributed by atoms with Crippen LogP contribution in [0.4, 0.5) is 11.4 Å². The number of methoxy groups -OCH3 is 3. The van der Waals surface area contributed by atoms with Crippen molar-refractivity contribution in [1.82, 2.24) is 0 Å². The summed E-state index contributed by atoms with van der Waals surface area (Å²) in [5.74, 6) is -1.31. The lowest BCUT2D eigenvalue weighted by molar-refractivity contribution is -0.384. The van der Waals surface area contributed by atoms with Crippen molar-refractivity contribution in [3.8, 4) is 5.75 Å². The van der Waals surface area contributed by atoms with Crippen LogP contribution in [0.2, 0.25) is 0 Å². The molecule has 1 aliphatic heterocycles. The average Bonchev–Trinajstić information content (AvgIpc) is 2.65. The van der Waals surface area contributed by atoms with Gasteiger partial charge in [0.25, 0.3) is 5.69 Å². The number of esters is 2. The van der Waals surface area contributed by atoms with E-state index in [0.29, 0.717) is 5.75 Å². The number of carbonyl (C=O) groups excluding carboxylic acids is 2. The second-order valence-corrected chi connectivity index (χ2v) is 4.83. The van der Waals surface area contributed by atoms with Gasteiger partial charge < -0.3 is 23.8 Å². The van der Waals surface area contributed by atoms with Gasteiger partial charge in [-0.3, -0.25) is 10.1 Å². The van der Waals surface area contributed by atoms with Crippen LogP contribution in [-0.2, 0) is 23.8 Å². The molecule has 1 aromatic carbocycles. The first kappa shape index (κ1) is 18.2. The summed E-state index contributed by atoms with van der Waals surface area (Å²) in [6.45, 7) is -0.385. The number of ether oxygens (including phenoxy) is 4. The molecule has 0 spiro atoms. The lowest BCUT2D eigenvalue weighted by atomic mass is 10.1. The second kappa shape index (κ2) is 7.62. The number of nitrogens with zero attached hydrogens (tertiary/aromatic N) is 2. The van der Waals surface area contributed by atoms with Gasteiger partial charge in [-0.05, 0) is 6.07 Å². The van der Waals surface area contributed by atoms with Crippen LogP contribution in [0, 0.1) is 10.1 Å². The Morgan fingerprint density at radius 2 is 1.88 bits per heavy atom. The van der Waals surface area contributed by atoms with Crippen LogP contribution in [0.25, 0.3) is 0 Å². The molecule has 0 bridgehead atoms. The molecule has 25 heavy (non-hydrogen) atoms. The zero-order valence-electron chi connectivity index (χ0n) is 13.8. The van der Waals surface area contributed by atoms with E-state index in [0.717, 1.165) is 14.2 Å². The molecule has 0 fully saturated rings. The van der Waals surface area contributed by atoms with E-state index in [1.165, 1.54) is 30.2 Å². The van der Waals surface area contributed by atoms with Crippen molar-refractivity contribution in [2.45, 2.75) is 0 Å². The Hall–Kier alpha value is -3.14. The van der Waals surface area contributed by atoms with E-state index in [-0.39, 0.29) is 36.0 Å². The smallest absolute Gasteiger partial charge is 0.355 e. The average molecular weight is 352 g/mol. The number of benzene rings is 1. The monoisotopic (exact) mass is 352 g/mol. The highest BCUT2D eigenvalue weighted by molar-refractivity contribution is 6.03. The number of rotatable bonds is 5. The largest absolute Gasteiger partial charge is 0.497 e. The van der Waals surface area contributed by atoms with Gasteiger partial charge in [-0.15, -0.1) is 0 Å². The van der Waals surface area contributed by atoms with Crippen molar-refractivity contribution >= 4 is 23.3 Å². The van der Waals surface area contributed by atoms with Crippen LogP contribution in [0.5, 0.6) is 5.75 Å². The highest BCUT2D eigenvalue weighted by Gasteiger charge is 2.35. The lowest BCUT2D eigenvalue weighted by Gasteiger charge is -2.31. The number of carbonyl (C=O) groups is 2. The van der Waals surface area contributed by atoms with Gasteiger partial charge in [-0.2, -0.15) is 0 Å². The van der Waals surface area contributed by atoms with Gasteiger partial charge in [0.2, 0.25) is 0 Å². The molecule has 0 saturated heterocycles. The maximum absolute atomic E-state index is 12.2. The van der Waals surface area contributed by atoms with Crippen molar-refractivity contribution < 1.29 is 33.5 Å². The van der Waals surface area contributed by atoms with Crippen molar-refractivity contribution in [2.24, 2.45) is 0 Å². The summed E-state index contributed by atoms with van der Waals surface area (Å²) in [7, 11) is 3.68. The zero-order valence-corrected chi connectivity index (χ0v) is 13.8. The Morgan fingerprint density at radius 1 is 1.20 bits per heavy atom. The second-order valence-electron chi connectivity index (χ2n) is 4.83. The van der Waals surface area contributed by atoms with Crippen LogP contribution in [-0.4, -0.2) is 51.5 Å². The number of nitro benzene ring substituents is 1. The fourth-order valence-electron chi connectivity index (χ4n) is 2.33. The fraction of sp³-hybridized carbons (Fsp3) is 0.333. The first-order chi connectivity index (χ1) is 11.9. The maximum Gasteiger partial charge on any atom is 0.355 e. The van der Waals surface area contributed by atoms with Gasteiger partial charge in [0.1, 0.15) is 23.9 Å². The first-order valence-corrected chi connectivity index (χ1v) is 7.02. The number of hydrogen-bond donors (Lipinski definition) is 0. The molecule has 1 heterocycles. The SMILES string of the molecule is COC(=O)C1=C(C(=O)OC)N(c2cc(OC)ccc2[N+](=O)[O-])COC1. The Bertz CT molecular complexity index is 743. The molecule has 1 aliphatic rings. The van der Waals surface area contributed by atoms with Gasteiger partial charge in [0.15, 0.2) is 0 Å². The van der Waals surface area contributed by atoms with E-state index in [2.05, 4.69) is 4.74 Å². The van der Waals surface area contributed by atoms with E-state index >= 15 is 0 Å². The van der Waals surface area contributed by atoms with Crippen LogP contribution in [0.1, 0.15) is 0 Å². The molecule has 0 radical (unpaired) electrons. The summed E-state index contributed by atoms with van der Waals surface area (Å²) in [5.41, 5.74) is -0.558. The third-order valence-corrected chi connectivity index (χ3v) is 3.50. The molecule has 0 N–H and O–H groups in total. The maximum atomic E-state index is 12.2. The van der Waals surface area contributed by atoms with E-state index in [4.69, 9.17) is 14.2 Å². The van der Waals surface area contributed by atoms with E-state index < -0.39 is 16.9 Å². The highest BCUT2D eigenvalue weighted by atomic mass is 16.6. The summed E-state index contributed by atoms with van der Waals surface area (Å²) < 4.78 is 19.8. The van der Waals surface area contributed by atoms with Gasteiger partial charge in [-0.25, -0.2) is 9.59 Å². The number of anilines is 1. The van der Waals surface area contributed by atoms with Crippen molar-refractivity contribution in [2.75, 3.05) is 39.6 Å². The van der Waals surface area contributed by atoms with Crippen LogP contribution >= 0.6 is 0 Å². The van der Waals surface area contributed by atoms with Crippen LogP contribution in [0.3, 0.4) is 0 Å². The van der Waals surface area contributed by atoms with Crippen molar-refractivity contribution in [3.05, 3.63) is 39.6 Å². The predicted molar refractivity (Wildman–Crippen MR) is 84.0 cm³/mol. The normalized spacial score (nSPS) is 14.1. The molecule has 0 unspecified atom stereocenters. The summed E-state index contributed by atoms with van der Waals surface area (Å²) in [6.07, 6.45) is 0. The van der Waals surface area contributed by atoms with Crippen molar-refractivity contribution in [3.63, 3.8) is 0 Å². The quantitative estimate of drug-likeness (QED) is 0.434. The molecule has 0 atom stereocenters. The summed E-state index contributed by atoms with van der Waals surface area (Å²) >= 11 is 0. The first-order valence-electron chi connectivity index (χ1n) is 7.02. The van der Waals surface area contributed by atoms with E-state index in [1.54, 1.807) is 0 Å². The molecule has 0 aromatic heterocycles. The number of nitro groups is 1. The Labute approximate surface area is 142 Å². The third-order valence-electron chi connectivity index (χ3n) is 3.50. The minimum absolute atomic E-state index is 0.0193. The Balaban J connectivity index is 2.69. The van der Waals surface area contributed by atoms with Crippen LogP contribution in [0.15, 0.2) is 29.5 Å². The van der Waals surface area contributed by atoms with Gasteiger partial charge in [0.05, 0.1) is 38.4 Å². The van der Waals surface area contributed by atoms with Crippen LogP contribution < -0.4 is 9.64 Å². The molecule has 1 aromatic rings. The van der Waals surface area contributed by atoms with Gasteiger partial charge >= 0.3 is 11.9 Å². The van der Waals surface area contributed by atoms with Gasteiger partial charge in [-0.1, -0.05) is 0 Å². The molecule has 0 saturated carbocycles. The zero-order chi connectivity index (χ0) is 18.6. The number of hydrogen-bond acceptors (Lipinski definition) is 9. The summed E-state index contributed by atoms with van der Waals surface area (Å²) in [6, 6.07) is 4.01. The third kappa shape index (κ3) is 3.53. The molecular weight excluding hydrogens is 336 g/mol. The topological polar surface area (TPSA) is 117 Å². The minimum Gasteiger partial charge on any atom is -0.497 e. The minimum atomic E-state index is -0.846. The highest BCUT2D eigenvalue weighted by Crippen LogP contribution is 2.36. The lowest BCUT2D eigenvalue weighted by Crippen LogP contribution is -2.39. The Kier molecular flexibility index (Phi) is 5.55. The molecule has 10 heteroatoms. The molecule has 10 nitrogen and oxygen atoms in total. The molecule has 0 aliphatic carbocycles. The molecule has 134 valence electrons. The standard InChI is InChI=1S/C15H16N2O8/c1-22-9-4-5-11(17(20)21)12(6-9)16-8-25-7-10(14(18)23-2)13(16)15(19)24-3/h4-6H,7-8H2,1-3H3. The van der Waals surface area contributed by atoms with Gasteiger partial charge in [0, 0.05) is 12.1 Å². The molecular formula is C15H16N2O8. The predicted octanol–water partition coefficient (Wildman–Crippen LogP) is 0.998. The van der Waals surface area contributed by atoms with Crippen molar-refractivity contribution in [1.29, 1.82) is 0 Å². The fourth-order valence-corrected chi connectivity index (χ4v) is 2.33. The van der Waals surface area contributed by atoms with E-state index in [9.17, 15) is 19.7 Å². The summed E-state index contributed by atoms with van der Waals surface area (Å²) in [4.78, 5) is 36.1.